The molecule has 0 saturated carbocycles. The molecule has 6 heteroatoms. The molecule has 1 aromatic heterocycles. The van der Waals surface area contributed by atoms with Crippen LogP contribution < -0.4 is 5.73 Å². The molecule has 0 aliphatic rings. The molecule has 0 atom stereocenters. The number of halogens is 1. The molecule has 0 unspecified atom stereocenters. The molecule has 1 aromatic carbocycles. The predicted octanol–water partition coefficient (Wildman–Crippen LogP) is 2.44. The summed E-state index contributed by atoms with van der Waals surface area (Å²) in [7, 11) is 0. The third kappa shape index (κ3) is 2.31. The van der Waals surface area contributed by atoms with Crippen LogP contribution in [0.4, 0.5) is 5.69 Å². The van der Waals surface area contributed by atoms with Crippen LogP contribution in [0.3, 0.4) is 0 Å². The summed E-state index contributed by atoms with van der Waals surface area (Å²) in [6.07, 6.45) is 0. The molecule has 0 saturated heterocycles. The van der Waals surface area contributed by atoms with Gasteiger partial charge in [-0.15, -0.1) is 5.10 Å². The van der Waals surface area contributed by atoms with Gasteiger partial charge in [-0.2, -0.15) is 0 Å². The molecule has 0 bridgehead atoms. The number of nitrogen functional groups attached to an aromatic ring is 1. The Hall–Kier alpha value is -1.43. The minimum Gasteiger partial charge on any atom is -0.398 e. The number of nitrogens with two attached hydrogens (primary N) is 1. The number of hydrogen-bond donors (Lipinski definition) is 1. The monoisotopic (exact) mass is 295 g/mol. The van der Waals surface area contributed by atoms with Crippen molar-refractivity contribution < 1.29 is 0 Å². The van der Waals surface area contributed by atoms with E-state index in [9.17, 15) is 0 Å². The van der Waals surface area contributed by atoms with Crippen LogP contribution in [0.5, 0.6) is 0 Å². The summed E-state index contributed by atoms with van der Waals surface area (Å²) < 4.78 is 2.66. The molecule has 0 spiro atoms. The van der Waals surface area contributed by atoms with E-state index in [1.54, 1.807) is 4.68 Å². The second-order valence-electron chi connectivity index (χ2n) is 4.82. The molecule has 2 N–H and O–H groups in total. The lowest BCUT2D eigenvalue weighted by Crippen LogP contribution is -2.24. The van der Waals surface area contributed by atoms with Gasteiger partial charge >= 0.3 is 0 Å². The first-order chi connectivity index (χ1) is 7.89. The number of benzene rings is 1. The quantitative estimate of drug-likeness (QED) is 0.821. The zero-order chi connectivity index (χ0) is 12.6. The molecular weight excluding hydrogens is 282 g/mol. The van der Waals surface area contributed by atoms with Crippen molar-refractivity contribution in [1.29, 1.82) is 0 Å². The molecule has 90 valence electrons. The van der Waals surface area contributed by atoms with E-state index in [0.29, 0.717) is 5.69 Å². The molecule has 0 aliphatic carbocycles. The van der Waals surface area contributed by atoms with Crippen LogP contribution in [0, 0.1) is 0 Å². The van der Waals surface area contributed by atoms with Crippen molar-refractivity contribution in [3.8, 4) is 11.4 Å². The number of aromatic nitrogens is 4. The molecule has 1 heterocycles. The molecule has 0 radical (unpaired) electrons. The van der Waals surface area contributed by atoms with E-state index >= 15 is 0 Å². The standard InChI is InChI=1S/C11H14BrN5/c1-11(2,3)17-10(14-15-16-17)7-4-5-8(12)9(13)6-7/h4-6H,13H2,1-3H3. The van der Waals surface area contributed by atoms with Crippen LogP contribution in [-0.4, -0.2) is 20.2 Å². The Bertz CT molecular complexity index is 541. The minimum absolute atomic E-state index is 0.166. The summed E-state index contributed by atoms with van der Waals surface area (Å²) in [5.41, 5.74) is 7.28. The van der Waals surface area contributed by atoms with Gasteiger partial charge in [0.25, 0.3) is 0 Å². The summed E-state index contributed by atoms with van der Waals surface area (Å²) in [5.74, 6) is 0.719. The van der Waals surface area contributed by atoms with Crippen molar-refractivity contribution in [2.24, 2.45) is 0 Å². The molecule has 2 rings (SSSR count). The Kier molecular flexibility index (Phi) is 2.91. The Morgan fingerprint density at radius 2 is 2.00 bits per heavy atom. The van der Waals surface area contributed by atoms with Crippen LogP contribution in [-0.2, 0) is 5.54 Å². The largest absolute Gasteiger partial charge is 0.398 e. The number of rotatable bonds is 1. The van der Waals surface area contributed by atoms with Crippen molar-refractivity contribution in [1.82, 2.24) is 20.2 Å². The zero-order valence-electron chi connectivity index (χ0n) is 9.98. The first-order valence-corrected chi connectivity index (χ1v) is 6.03. The van der Waals surface area contributed by atoms with E-state index in [4.69, 9.17) is 5.73 Å². The predicted molar refractivity (Wildman–Crippen MR) is 70.4 cm³/mol. The third-order valence-corrected chi connectivity index (χ3v) is 3.08. The highest BCUT2D eigenvalue weighted by molar-refractivity contribution is 9.10. The molecular formula is C11H14BrN5. The number of hydrogen-bond acceptors (Lipinski definition) is 4. The lowest BCUT2D eigenvalue weighted by atomic mass is 10.1. The fourth-order valence-electron chi connectivity index (χ4n) is 1.50. The summed E-state index contributed by atoms with van der Waals surface area (Å²) in [4.78, 5) is 0. The SMILES string of the molecule is CC(C)(C)n1nnnc1-c1ccc(Br)c(N)c1. The van der Waals surface area contributed by atoms with Gasteiger partial charge in [0.2, 0.25) is 0 Å². The maximum atomic E-state index is 5.86. The van der Waals surface area contributed by atoms with Gasteiger partial charge in [-0.25, -0.2) is 4.68 Å². The number of anilines is 1. The normalized spacial score (nSPS) is 11.8. The fourth-order valence-corrected chi connectivity index (χ4v) is 1.75. The first kappa shape index (κ1) is 12.0. The van der Waals surface area contributed by atoms with Crippen LogP contribution in [0.2, 0.25) is 0 Å². The maximum absolute atomic E-state index is 5.86. The highest BCUT2D eigenvalue weighted by atomic mass is 79.9. The van der Waals surface area contributed by atoms with Crippen LogP contribution in [0.25, 0.3) is 11.4 Å². The topological polar surface area (TPSA) is 69.6 Å². The smallest absolute Gasteiger partial charge is 0.182 e. The van der Waals surface area contributed by atoms with Crippen molar-refractivity contribution in [2.75, 3.05) is 5.73 Å². The van der Waals surface area contributed by atoms with Crippen molar-refractivity contribution in [3.05, 3.63) is 22.7 Å². The highest BCUT2D eigenvalue weighted by Gasteiger charge is 2.20. The Morgan fingerprint density at radius 1 is 1.29 bits per heavy atom. The van der Waals surface area contributed by atoms with Gasteiger partial charge in [0.05, 0.1) is 5.54 Å². The van der Waals surface area contributed by atoms with E-state index in [0.717, 1.165) is 15.9 Å². The third-order valence-electron chi connectivity index (χ3n) is 2.36. The lowest BCUT2D eigenvalue weighted by Gasteiger charge is -2.20. The van der Waals surface area contributed by atoms with Crippen LogP contribution in [0.15, 0.2) is 22.7 Å². The fraction of sp³-hybridized carbons (Fsp3) is 0.364. The summed E-state index contributed by atoms with van der Waals surface area (Å²) in [6, 6.07) is 5.69. The second-order valence-corrected chi connectivity index (χ2v) is 5.68. The molecule has 2 aromatic rings. The van der Waals surface area contributed by atoms with Crippen molar-refractivity contribution in [3.63, 3.8) is 0 Å². The van der Waals surface area contributed by atoms with E-state index in [-0.39, 0.29) is 5.54 Å². The average molecular weight is 296 g/mol. The van der Waals surface area contributed by atoms with Gasteiger partial charge < -0.3 is 5.73 Å². The number of nitrogens with zero attached hydrogens (tertiary/aromatic N) is 4. The first-order valence-electron chi connectivity index (χ1n) is 5.24. The van der Waals surface area contributed by atoms with Crippen molar-refractivity contribution in [2.45, 2.75) is 26.3 Å². The van der Waals surface area contributed by atoms with E-state index in [1.807, 2.05) is 18.2 Å². The maximum Gasteiger partial charge on any atom is 0.182 e. The van der Waals surface area contributed by atoms with Gasteiger partial charge in [-0.3, -0.25) is 0 Å². The molecule has 0 aliphatic heterocycles. The Morgan fingerprint density at radius 3 is 2.59 bits per heavy atom. The molecule has 17 heavy (non-hydrogen) atoms. The van der Waals surface area contributed by atoms with Gasteiger partial charge in [-0.1, -0.05) is 0 Å². The minimum atomic E-state index is -0.166. The van der Waals surface area contributed by atoms with Gasteiger partial charge in [0.1, 0.15) is 0 Å². The molecule has 0 fully saturated rings. The summed E-state index contributed by atoms with van der Waals surface area (Å²) >= 11 is 3.37. The highest BCUT2D eigenvalue weighted by Crippen LogP contribution is 2.27. The van der Waals surface area contributed by atoms with Crippen molar-refractivity contribution >= 4 is 21.6 Å². The van der Waals surface area contributed by atoms with Gasteiger partial charge in [0, 0.05) is 15.7 Å². The second kappa shape index (κ2) is 4.10. The molecule has 5 nitrogen and oxygen atoms in total. The van der Waals surface area contributed by atoms with Crippen LogP contribution >= 0.6 is 15.9 Å². The van der Waals surface area contributed by atoms with E-state index < -0.39 is 0 Å². The Labute approximate surface area is 108 Å². The number of tetrazole rings is 1. The lowest BCUT2D eigenvalue weighted by molar-refractivity contribution is 0.351. The molecule has 0 amide bonds. The van der Waals surface area contributed by atoms with Crippen LogP contribution in [0.1, 0.15) is 20.8 Å². The van der Waals surface area contributed by atoms with E-state index in [1.165, 1.54) is 0 Å². The Balaban J connectivity index is 2.54. The van der Waals surface area contributed by atoms with E-state index in [2.05, 4.69) is 52.2 Å². The summed E-state index contributed by atoms with van der Waals surface area (Å²) in [6.45, 7) is 6.15. The summed E-state index contributed by atoms with van der Waals surface area (Å²) in [5, 5.41) is 11.8. The zero-order valence-corrected chi connectivity index (χ0v) is 11.6. The van der Waals surface area contributed by atoms with Gasteiger partial charge in [0.15, 0.2) is 5.82 Å². The van der Waals surface area contributed by atoms with Gasteiger partial charge in [-0.05, 0) is 65.3 Å². The average Bonchev–Trinajstić information content (AvgIpc) is 2.70.